The lowest BCUT2D eigenvalue weighted by Crippen LogP contribution is -2.46. The van der Waals surface area contributed by atoms with Crippen molar-refractivity contribution in [1.29, 1.82) is 0 Å². The number of carboxylic acid groups (broad SMARTS) is 1. The molecule has 2 saturated heterocycles. The number of imidazole rings is 2. The van der Waals surface area contributed by atoms with Crippen molar-refractivity contribution in [3.05, 3.63) is 71.8 Å². The van der Waals surface area contributed by atoms with Crippen LogP contribution >= 0.6 is 0 Å². The molecular formula is C27H37N7O2. The summed E-state index contributed by atoms with van der Waals surface area (Å²) >= 11 is 0. The number of nitrogens with zero attached hydrogens (tertiary/aromatic N) is 4. The molecule has 2 aromatic heterocycles. The summed E-state index contributed by atoms with van der Waals surface area (Å²) in [5.41, 5.74) is 2.48. The molecule has 0 amide bonds. The molecule has 4 N–H and O–H groups in total. The van der Waals surface area contributed by atoms with Crippen molar-refractivity contribution in [3.8, 4) is 0 Å². The summed E-state index contributed by atoms with van der Waals surface area (Å²) in [5.74, 6) is 1.15. The predicted molar refractivity (Wildman–Crippen MR) is 137 cm³/mol. The van der Waals surface area contributed by atoms with Gasteiger partial charge in [0.15, 0.2) is 0 Å². The van der Waals surface area contributed by atoms with Crippen molar-refractivity contribution in [2.24, 2.45) is 5.41 Å². The summed E-state index contributed by atoms with van der Waals surface area (Å²) in [6, 6.07) is 8.54. The van der Waals surface area contributed by atoms with Gasteiger partial charge in [0.1, 0.15) is 17.7 Å². The van der Waals surface area contributed by atoms with Crippen LogP contribution in [0.5, 0.6) is 0 Å². The number of piperidine rings is 1. The van der Waals surface area contributed by atoms with E-state index in [9.17, 15) is 9.90 Å². The molecule has 5 rings (SSSR count). The van der Waals surface area contributed by atoms with Crippen LogP contribution in [0, 0.1) is 5.41 Å². The molecule has 2 fully saturated rings. The zero-order valence-electron chi connectivity index (χ0n) is 21.0. The number of hydrogen-bond acceptors (Lipinski definition) is 6. The van der Waals surface area contributed by atoms with Gasteiger partial charge >= 0.3 is 5.97 Å². The molecule has 2 aliphatic heterocycles. The third kappa shape index (κ3) is 5.38. The topological polar surface area (TPSA) is 113 Å². The Morgan fingerprint density at radius 3 is 2.17 bits per heavy atom. The number of aromatic nitrogens is 4. The largest absolute Gasteiger partial charge is 0.480 e. The molecule has 9 nitrogen and oxygen atoms in total. The number of nitrogens with one attached hydrogen (secondary N) is 3. The van der Waals surface area contributed by atoms with Gasteiger partial charge in [-0.1, -0.05) is 31.2 Å². The van der Waals surface area contributed by atoms with Crippen LogP contribution in [0.15, 0.2) is 49.1 Å². The van der Waals surface area contributed by atoms with Crippen molar-refractivity contribution >= 4 is 5.97 Å². The molecular weight excluding hydrogens is 454 g/mol. The van der Waals surface area contributed by atoms with E-state index in [1.807, 2.05) is 12.4 Å². The molecule has 2 aliphatic rings. The summed E-state index contributed by atoms with van der Waals surface area (Å²) in [6.45, 7) is 7.00. The highest BCUT2D eigenvalue weighted by atomic mass is 16.4. The Morgan fingerprint density at radius 1 is 1.03 bits per heavy atom. The van der Waals surface area contributed by atoms with Crippen molar-refractivity contribution in [1.82, 2.24) is 35.1 Å². The van der Waals surface area contributed by atoms with Gasteiger partial charge in [-0.2, -0.15) is 0 Å². The molecule has 0 saturated carbocycles. The number of aromatic amines is 2. The van der Waals surface area contributed by atoms with Gasteiger partial charge in [0.05, 0.1) is 13.1 Å². The van der Waals surface area contributed by atoms with E-state index in [-0.39, 0.29) is 5.41 Å². The number of aliphatic carboxylic acids is 1. The van der Waals surface area contributed by atoms with Gasteiger partial charge < -0.3 is 20.4 Å². The van der Waals surface area contributed by atoms with E-state index in [1.54, 1.807) is 12.4 Å². The molecule has 0 aliphatic carbocycles. The third-order valence-electron chi connectivity index (χ3n) is 8.03. The summed E-state index contributed by atoms with van der Waals surface area (Å²) in [5, 5.41) is 13.5. The van der Waals surface area contributed by atoms with Crippen LogP contribution in [0.2, 0.25) is 0 Å². The number of hydrogen-bond donors (Lipinski definition) is 4. The first kappa shape index (κ1) is 24.7. The molecule has 3 aromatic rings. The summed E-state index contributed by atoms with van der Waals surface area (Å²) in [4.78, 5) is 32.0. The van der Waals surface area contributed by atoms with Crippen LogP contribution in [-0.4, -0.2) is 66.0 Å². The standard InChI is InChI=1S/C27H37N7O2/c1-2-23-27(7-9-28-10-8-27)15-22(26(35)36)34(23)17-21-5-3-20(4-6-21)16-33(18-24-29-11-12-30-24)19-25-31-13-14-32-25/h3-6,11-14,22-23,28H,2,7-10,15-19H2,1H3,(H,29,30)(H,31,32)(H,35,36)/t22-,23?/m1/s1. The fourth-order valence-corrected chi connectivity index (χ4v) is 6.37. The maximum Gasteiger partial charge on any atom is 0.320 e. The van der Waals surface area contributed by atoms with Crippen LogP contribution in [0.1, 0.15) is 55.4 Å². The summed E-state index contributed by atoms with van der Waals surface area (Å²) < 4.78 is 0. The zero-order chi connectivity index (χ0) is 25.0. The number of likely N-dealkylation sites (tertiary alicyclic amines) is 1. The Morgan fingerprint density at radius 2 is 1.64 bits per heavy atom. The molecule has 192 valence electrons. The number of carbonyl (C=O) groups is 1. The summed E-state index contributed by atoms with van der Waals surface area (Å²) in [7, 11) is 0. The fraction of sp³-hybridized carbons (Fsp3) is 0.519. The Kier molecular flexibility index (Phi) is 7.50. The SMILES string of the molecule is CCC1N(Cc2ccc(CN(Cc3ncc[nH]3)Cc3ncc[nH]3)cc2)[C@@H](C(=O)O)CC12CCNCC2. The number of rotatable bonds is 10. The zero-order valence-corrected chi connectivity index (χ0v) is 21.0. The second kappa shape index (κ2) is 10.9. The van der Waals surface area contributed by atoms with Gasteiger partial charge in [-0.3, -0.25) is 14.6 Å². The van der Waals surface area contributed by atoms with Gasteiger partial charge in [-0.25, -0.2) is 9.97 Å². The molecule has 1 unspecified atom stereocenters. The van der Waals surface area contributed by atoms with Crippen LogP contribution in [0.25, 0.3) is 0 Å². The lowest BCUT2D eigenvalue weighted by atomic mass is 9.71. The first-order chi connectivity index (χ1) is 17.6. The summed E-state index contributed by atoms with van der Waals surface area (Å²) in [6.07, 6.45) is 11.1. The normalized spacial score (nSPS) is 21.9. The van der Waals surface area contributed by atoms with E-state index >= 15 is 0 Å². The second-order valence-electron chi connectivity index (χ2n) is 10.3. The maximum absolute atomic E-state index is 12.2. The van der Waals surface area contributed by atoms with E-state index in [2.05, 4.69) is 66.2 Å². The smallest absolute Gasteiger partial charge is 0.320 e. The van der Waals surface area contributed by atoms with E-state index in [1.165, 1.54) is 5.56 Å². The first-order valence-electron chi connectivity index (χ1n) is 13.0. The van der Waals surface area contributed by atoms with Crippen molar-refractivity contribution in [2.75, 3.05) is 13.1 Å². The van der Waals surface area contributed by atoms with E-state index in [0.717, 1.165) is 62.5 Å². The number of benzene rings is 1. The monoisotopic (exact) mass is 491 g/mol. The Bertz CT molecular complexity index is 1060. The molecule has 2 atom stereocenters. The molecule has 0 bridgehead atoms. The Labute approximate surface area is 212 Å². The number of carboxylic acids is 1. The van der Waals surface area contributed by atoms with Gasteiger partial charge in [0.25, 0.3) is 0 Å². The minimum atomic E-state index is -0.688. The third-order valence-corrected chi connectivity index (χ3v) is 8.03. The van der Waals surface area contributed by atoms with E-state index in [0.29, 0.717) is 25.7 Å². The minimum Gasteiger partial charge on any atom is -0.480 e. The lowest BCUT2D eigenvalue weighted by molar-refractivity contribution is -0.142. The van der Waals surface area contributed by atoms with E-state index < -0.39 is 12.0 Å². The highest BCUT2D eigenvalue weighted by Gasteiger charge is 2.53. The fourth-order valence-electron chi connectivity index (χ4n) is 6.37. The lowest BCUT2D eigenvalue weighted by Gasteiger charge is -2.41. The molecule has 0 radical (unpaired) electrons. The molecule has 1 spiro atoms. The Balaban J connectivity index is 1.29. The van der Waals surface area contributed by atoms with Crippen LogP contribution in [0.3, 0.4) is 0 Å². The van der Waals surface area contributed by atoms with Gasteiger partial charge in [-0.05, 0) is 55.3 Å². The van der Waals surface area contributed by atoms with Crippen molar-refractivity contribution < 1.29 is 9.90 Å². The van der Waals surface area contributed by atoms with Crippen molar-refractivity contribution in [3.63, 3.8) is 0 Å². The van der Waals surface area contributed by atoms with Gasteiger partial charge in [0, 0.05) is 43.9 Å². The van der Waals surface area contributed by atoms with Crippen LogP contribution in [-0.2, 0) is 31.0 Å². The first-order valence-corrected chi connectivity index (χ1v) is 13.0. The second-order valence-corrected chi connectivity index (χ2v) is 10.3. The average molecular weight is 492 g/mol. The van der Waals surface area contributed by atoms with Crippen LogP contribution < -0.4 is 5.32 Å². The molecule has 9 heteroatoms. The molecule has 1 aromatic carbocycles. The van der Waals surface area contributed by atoms with E-state index in [4.69, 9.17) is 0 Å². The minimum absolute atomic E-state index is 0.112. The van der Waals surface area contributed by atoms with Gasteiger partial charge in [-0.15, -0.1) is 0 Å². The Hall–Kier alpha value is -3.01. The average Bonchev–Trinajstić information content (AvgIpc) is 3.63. The van der Waals surface area contributed by atoms with Gasteiger partial charge in [0.2, 0.25) is 0 Å². The van der Waals surface area contributed by atoms with Crippen LogP contribution in [0.4, 0.5) is 0 Å². The predicted octanol–water partition coefficient (Wildman–Crippen LogP) is 3.14. The van der Waals surface area contributed by atoms with Crippen molar-refractivity contribution in [2.45, 2.75) is 70.9 Å². The maximum atomic E-state index is 12.2. The highest BCUT2D eigenvalue weighted by Crippen LogP contribution is 2.49. The highest BCUT2D eigenvalue weighted by molar-refractivity contribution is 5.74. The molecule has 36 heavy (non-hydrogen) atoms. The number of H-pyrrole nitrogens is 2. The molecule has 4 heterocycles. The quantitative estimate of drug-likeness (QED) is 0.345.